The van der Waals surface area contributed by atoms with Crippen molar-refractivity contribution in [3.05, 3.63) is 12.3 Å². The van der Waals surface area contributed by atoms with E-state index in [1.807, 2.05) is 12.1 Å². The van der Waals surface area contributed by atoms with Crippen LogP contribution >= 0.6 is 0 Å². The van der Waals surface area contributed by atoms with E-state index in [1.54, 1.807) is 0 Å². The summed E-state index contributed by atoms with van der Waals surface area (Å²) >= 11 is 0. The van der Waals surface area contributed by atoms with Crippen LogP contribution < -0.4 is 0 Å². The van der Waals surface area contributed by atoms with Gasteiger partial charge in [-0.05, 0) is 19.3 Å². The fourth-order valence-electron chi connectivity index (χ4n) is 1.20. The smallest absolute Gasteiger partial charge is 0.0576 e. The van der Waals surface area contributed by atoms with Gasteiger partial charge in [-0.25, -0.2) is 0 Å². The minimum atomic E-state index is 0.895. The maximum atomic E-state index is 4.11. The standard InChI is InChI=1S/C12H25N3/c1-5-7-9-10-12(3)13-14-15(4)11-8-6-2/h3,5-11H2,1-2,4H3. The van der Waals surface area contributed by atoms with E-state index < -0.39 is 0 Å². The molecule has 0 rings (SSSR count). The Morgan fingerprint density at radius 3 is 2.40 bits per heavy atom. The quantitative estimate of drug-likeness (QED) is 0.319. The molecule has 0 bridgehead atoms. The highest BCUT2D eigenvalue weighted by molar-refractivity contribution is 4.88. The Morgan fingerprint density at radius 2 is 1.80 bits per heavy atom. The van der Waals surface area contributed by atoms with Crippen LogP contribution in [0.1, 0.15) is 52.4 Å². The van der Waals surface area contributed by atoms with Crippen LogP contribution in [0.25, 0.3) is 0 Å². The number of nitrogens with zero attached hydrogens (tertiary/aromatic N) is 3. The van der Waals surface area contributed by atoms with Crippen molar-refractivity contribution in [3.63, 3.8) is 0 Å². The summed E-state index contributed by atoms with van der Waals surface area (Å²) in [5, 5.41) is 10.1. The number of hydrogen-bond donors (Lipinski definition) is 0. The van der Waals surface area contributed by atoms with Crippen LogP contribution in [0.15, 0.2) is 22.6 Å². The predicted octanol–water partition coefficient (Wildman–Crippen LogP) is 4.18. The van der Waals surface area contributed by atoms with Crippen LogP contribution in [-0.2, 0) is 0 Å². The first-order chi connectivity index (χ1) is 7.20. The molecule has 0 saturated carbocycles. The van der Waals surface area contributed by atoms with E-state index in [2.05, 4.69) is 30.8 Å². The molecule has 0 N–H and O–H groups in total. The summed E-state index contributed by atoms with van der Waals surface area (Å²) in [5.41, 5.74) is 0.895. The molecule has 0 spiro atoms. The first-order valence-electron chi connectivity index (χ1n) is 6.01. The summed E-state index contributed by atoms with van der Waals surface area (Å²) in [6, 6.07) is 0. The Balaban J connectivity index is 3.60. The third-order valence-electron chi connectivity index (χ3n) is 2.24. The van der Waals surface area contributed by atoms with Crippen molar-refractivity contribution in [2.24, 2.45) is 10.3 Å². The highest BCUT2D eigenvalue weighted by Crippen LogP contribution is 2.08. The summed E-state index contributed by atoms with van der Waals surface area (Å²) in [6.07, 6.45) is 6.99. The van der Waals surface area contributed by atoms with Gasteiger partial charge >= 0.3 is 0 Å². The van der Waals surface area contributed by atoms with Crippen molar-refractivity contribution in [2.75, 3.05) is 13.6 Å². The molecule has 88 valence electrons. The lowest BCUT2D eigenvalue weighted by molar-refractivity contribution is 0.323. The van der Waals surface area contributed by atoms with Gasteiger partial charge in [0.05, 0.1) is 5.70 Å². The van der Waals surface area contributed by atoms with E-state index in [0.717, 1.165) is 25.1 Å². The Bertz CT molecular complexity index is 187. The van der Waals surface area contributed by atoms with Gasteiger partial charge in [0.15, 0.2) is 0 Å². The average Bonchev–Trinajstić information content (AvgIpc) is 2.24. The fourth-order valence-corrected chi connectivity index (χ4v) is 1.20. The van der Waals surface area contributed by atoms with Gasteiger partial charge in [-0.3, -0.25) is 5.01 Å². The second kappa shape index (κ2) is 9.69. The van der Waals surface area contributed by atoms with Crippen molar-refractivity contribution >= 4 is 0 Å². The third-order valence-corrected chi connectivity index (χ3v) is 2.24. The zero-order chi connectivity index (χ0) is 11.5. The lowest BCUT2D eigenvalue weighted by Crippen LogP contribution is -2.11. The largest absolute Gasteiger partial charge is 0.282 e. The lowest BCUT2D eigenvalue weighted by atomic mass is 10.2. The molecule has 0 aromatic rings. The van der Waals surface area contributed by atoms with Gasteiger partial charge in [0.1, 0.15) is 0 Å². The fraction of sp³-hybridized carbons (Fsp3) is 0.833. The Kier molecular flexibility index (Phi) is 9.13. The molecule has 3 heteroatoms. The highest BCUT2D eigenvalue weighted by Gasteiger charge is 1.94. The summed E-state index contributed by atoms with van der Waals surface area (Å²) in [6.45, 7) is 9.24. The number of allylic oxidation sites excluding steroid dienone is 1. The molecule has 0 aliphatic carbocycles. The van der Waals surface area contributed by atoms with Gasteiger partial charge in [0.25, 0.3) is 0 Å². The van der Waals surface area contributed by atoms with E-state index >= 15 is 0 Å². The molecule has 0 aliphatic rings. The van der Waals surface area contributed by atoms with Crippen molar-refractivity contribution in [1.82, 2.24) is 5.01 Å². The molecule has 0 aromatic carbocycles. The van der Waals surface area contributed by atoms with Gasteiger partial charge in [0.2, 0.25) is 0 Å². The topological polar surface area (TPSA) is 28.0 Å². The van der Waals surface area contributed by atoms with E-state index in [-0.39, 0.29) is 0 Å². The number of rotatable bonds is 9. The monoisotopic (exact) mass is 211 g/mol. The molecule has 0 atom stereocenters. The lowest BCUT2D eigenvalue weighted by Gasteiger charge is -2.09. The van der Waals surface area contributed by atoms with Gasteiger partial charge in [-0.15, -0.1) is 5.11 Å². The maximum absolute atomic E-state index is 4.11. The predicted molar refractivity (Wildman–Crippen MR) is 65.7 cm³/mol. The van der Waals surface area contributed by atoms with E-state index in [0.29, 0.717) is 0 Å². The zero-order valence-corrected chi connectivity index (χ0v) is 10.5. The molecule has 0 heterocycles. The minimum absolute atomic E-state index is 0.895. The van der Waals surface area contributed by atoms with Crippen molar-refractivity contribution in [2.45, 2.75) is 52.4 Å². The van der Waals surface area contributed by atoms with E-state index in [1.165, 1.54) is 25.7 Å². The molecule has 15 heavy (non-hydrogen) atoms. The second-order valence-electron chi connectivity index (χ2n) is 3.95. The van der Waals surface area contributed by atoms with Crippen LogP contribution in [0.4, 0.5) is 0 Å². The summed E-state index contributed by atoms with van der Waals surface area (Å²) in [7, 11) is 1.96. The van der Waals surface area contributed by atoms with Crippen molar-refractivity contribution < 1.29 is 0 Å². The molecule has 0 fully saturated rings. The zero-order valence-electron chi connectivity index (χ0n) is 10.5. The first kappa shape index (κ1) is 14.1. The van der Waals surface area contributed by atoms with Crippen LogP contribution in [0.2, 0.25) is 0 Å². The average molecular weight is 211 g/mol. The van der Waals surface area contributed by atoms with E-state index in [9.17, 15) is 0 Å². The van der Waals surface area contributed by atoms with Crippen molar-refractivity contribution in [1.29, 1.82) is 0 Å². The van der Waals surface area contributed by atoms with Crippen LogP contribution in [-0.4, -0.2) is 18.6 Å². The molecular formula is C12H25N3. The Morgan fingerprint density at radius 1 is 1.13 bits per heavy atom. The first-order valence-corrected chi connectivity index (χ1v) is 6.01. The summed E-state index contributed by atoms with van der Waals surface area (Å²) in [5.74, 6) is 0. The van der Waals surface area contributed by atoms with Crippen molar-refractivity contribution in [3.8, 4) is 0 Å². The Labute approximate surface area is 94.2 Å². The molecule has 0 amide bonds. The van der Waals surface area contributed by atoms with E-state index in [4.69, 9.17) is 0 Å². The summed E-state index contributed by atoms with van der Waals surface area (Å²) in [4.78, 5) is 0. The number of unbranched alkanes of at least 4 members (excludes halogenated alkanes) is 3. The third kappa shape index (κ3) is 9.44. The van der Waals surface area contributed by atoms with Gasteiger partial charge in [0, 0.05) is 13.6 Å². The molecule has 0 saturated heterocycles. The maximum Gasteiger partial charge on any atom is 0.0576 e. The molecule has 0 unspecified atom stereocenters. The minimum Gasteiger partial charge on any atom is -0.282 e. The molecule has 0 aliphatic heterocycles. The number of hydrogen-bond acceptors (Lipinski definition) is 2. The second-order valence-corrected chi connectivity index (χ2v) is 3.95. The normalized spacial score (nSPS) is 10.9. The van der Waals surface area contributed by atoms with Gasteiger partial charge in [-0.1, -0.05) is 44.9 Å². The molecular weight excluding hydrogens is 186 g/mol. The Hall–Kier alpha value is -0.860. The van der Waals surface area contributed by atoms with Gasteiger partial charge < -0.3 is 0 Å². The molecule has 3 nitrogen and oxygen atoms in total. The SMILES string of the molecule is C=C(CCCCC)N=NN(C)CCCC. The molecule has 0 aromatic heterocycles. The van der Waals surface area contributed by atoms with Crippen LogP contribution in [0.5, 0.6) is 0 Å². The summed E-state index contributed by atoms with van der Waals surface area (Å²) < 4.78 is 0. The van der Waals surface area contributed by atoms with Crippen LogP contribution in [0, 0.1) is 0 Å². The molecule has 0 radical (unpaired) electrons. The highest BCUT2D eigenvalue weighted by atomic mass is 15.5. The van der Waals surface area contributed by atoms with Gasteiger partial charge in [-0.2, -0.15) is 0 Å². The van der Waals surface area contributed by atoms with Crippen LogP contribution in [0.3, 0.4) is 0 Å².